The molecule has 0 amide bonds. The molecule has 3 nitrogen and oxygen atoms in total. The fourth-order valence-corrected chi connectivity index (χ4v) is 2.84. The lowest BCUT2D eigenvalue weighted by atomic mass is 10.2. The minimum atomic E-state index is -3.38. The van der Waals surface area contributed by atoms with Crippen LogP contribution in [0.25, 0.3) is 0 Å². The van der Waals surface area contributed by atoms with E-state index < -0.39 is 15.1 Å². The molecule has 0 unspecified atom stereocenters. The smallest absolute Gasteiger partial charge is 0.181 e. The van der Waals surface area contributed by atoms with Crippen molar-refractivity contribution < 1.29 is 8.42 Å². The van der Waals surface area contributed by atoms with Gasteiger partial charge in [-0.15, -0.1) is 11.8 Å². The van der Waals surface area contributed by atoms with E-state index in [1.807, 2.05) is 12.3 Å². The third kappa shape index (κ3) is 2.39. The number of nitriles is 1. The van der Waals surface area contributed by atoms with Gasteiger partial charge in [-0.25, -0.2) is 8.42 Å². The van der Waals surface area contributed by atoms with Crippen LogP contribution in [0.5, 0.6) is 0 Å². The van der Waals surface area contributed by atoms with Gasteiger partial charge in [-0.1, -0.05) is 0 Å². The first-order valence-electron chi connectivity index (χ1n) is 4.75. The Morgan fingerprint density at radius 2 is 2.00 bits per heavy atom. The predicted octanol–water partition coefficient (Wildman–Crippen LogP) is 2.46. The van der Waals surface area contributed by atoms with Crippen LogP contribution in [0.2, 0.25) is 0 Å². The van der Waals surface area contributed by atoms with Crippen LogP contribution in [-0.4, -0.2) is 19.9 Å². The Bertz CT molecular complexity index is 527. The van der Waals surface area contributed by atoms with E-state index in [4.69, 9.17) is 5.26 Å². The lowest BCUT2D eigenvalue weighted by Crippen LogP contribution is -2.15. The van der Waals surface area contributed by atoms with Crippen molar-refractivity contribution in [1.29, 1.82) is 5.26 Å². The van der Waals surface area contributed by atoms with Gasteiger partial charge in [0.2, 0.25) is 0 Å². The molecule has 0 N–H and O–H groups in total. The summed E-state index contributed by atoms with van der Waals surface area (Å²) in [5.41, 5.74) is 0.223. The van der Waals surface area contributed by atoms with Crippen LogP contribution < -0.4 is 0 Å². The first kappa shape index (κ1) is 13.1. The normalized spacial score (nSPS) is 11.4. The molecule has 0 aliphatic heterocycles. The maximum Gasteiger partial charge on any atom is 0.181 e. The number of nitrogens with zero attached hydrogens (tertiary/aromatic N) is 1. The summed E-state index contributed by atoms with van der Waals surface area (Å²) in [6, 6.07) is 6.79. The molecule has 5 heteroatoms. The molecule has 0 bridgehead atoms. The van der Waals surface area contributed by atoms with Gasteiger partial charge in [-0.2, -0.15) is 5.26 Å². The van der Waals surface area contributed by atoms with Crippen LogP contribution in [0, 0.1) is 11.3 Å². The van der Waals surface area contributed by atoms with Crippen molar-refractivity contribution in [3.8, 4) is 6.07 Å². The second-order valence-corrected chi connectivity index (χ2v) is 6.92. The molecule has 1 aromatic rings. The molecule has 1 aromatic carbocycles. The summed E-state index contributed by atoms with van der Waals surface area (Å²) >= 11 is 1.48. The van der Waals surface area contributed by atoms with Gasteiger partial charge in [0.25, 0.3) is 0 Å². The molecular formula is C11H13NO2S2. The molecule has 0 saturated carbocycles. The molecule has 86 valence electrons. The first-order chi connectivity index (χ1) is 7.43. The van der Waals surface area contributed by atoms with Crippen molar-refractivity contribution in [1.82, 2.24) is 0 Å². The van der Waals surface area contributed by atoms with Gasteiger partial charge in [0, 0.05) is 4.90 Å². The van der Waals surface area contributed by atoms with Crippen molar-refractivity contribution in [2.45, 2.75) is 28.9 Å². The maximum atomic E-state index is 12.0. The van der Waals surface area contributed by atoms with Gasteiger partial charge in [0.1, 0.15) is 6.07 Å². The van der Waals surface area contributed by atoms with Crippen molar-refractivity contribution in [3.05, 3.63) is 23.8 Å². The monoisotopic (exact) mass is 255 g/mol. The van der Waals surface area contributed by atoms with Crippen molar-refractivity contribution >= 4 is 21.6 Å². The summed E-state index contributed by atoms with van der Waals surface area (Å²) in [5, 5.41) is 8.45. The number of benzene rings is 1. The van der Waals surface area contributed by atoms with Crippen molar-refractivity contribution in [3.63, 3.8) is 0 Å². The minimum Gasteiger partial charge on any atom is -0.223 e. The van der Waals surface area contributed by atoms with E-state index in [-0.39, 0.29) is 10.5 Å². The Labute approximate surface area is 100 Å². The zero-order valence-electron chi connectivity index (χ0n) is 9.39. The molecule has 0 atom stereocenters. The molecule has 0 aliphatic rings. The van der Waals surface area contributed by atoms with Crippen LogP contribution in [0.3, 0.4) is 0 Å². The second-order valence-electron chi connectivity index (χ2n) is 3.57. The zero-order chi connectivity index (χ0) is 12.3. The van der Waals surface area contributed by atoms with Crippen molar-refractivity contribution in [2.75, 3.05) is 6.26 Å². The highest BCUT2D eigenvalue weighted by atomic mass is 32.2. The number of rotatable bonds is 3. The van der Waals surface area contributed by atoms with Gasteiger partial charge < -0.3 is 0 Å². The van der Waals surface area contributed by atoms with E-state index in [1.54, 1.807) is 26.0 Å². The van der Waals surface area contributed by atoms with Gasteiger partial charge in [-0.3, -0.25) is 0 Å². The third-order valence-electron chi connectivity index (χ3n) is 2.23. The number of sulfone groups is 1. The van der Waals surface area contributed by atoms with Crippen LogP contribution in [0.15, 0.2) is 28.0 Å². The quantitative estimate of drug-likeness (QED) is 0.778. The number of hydrogen-bond donors (Lipinski definition) is 0. The number of thioether (sulfide) groups is 1. The highest BCUT2D eigenvalue weighted by Gasteiger charge is 2.22. The lowest BCUT2D eigenvalue weighted by Gasteiger charge is -2.10. The van der Waals surface area contributed by atoms with E-state index in [1.165, 1.54) is 17.8 Å². The van der Waals surface area contributed by atoms with Crippen LogP contribution in [-0.2, 0) is 9.84 Å². The summed E-state index contributed by atoms with van der Waals surface area (Å²) in [5.74, 6) is 0. The topological polar surface area (TPSA) is 57.9 Å². The summed E-state index contributed by atoms with van der Waals surface area (Å²) < 4.78 is 23.9. The SMILES string of the molecule is CSc1ccc(S(=O)(=O)C(C)C)c(C#N)c1. The van der Waals surface area contributed by atoms with E-state index in [0.717, 1.165) is 4.90 Å². The highest BCUT2D eigenvalue weighted by Crippen LogP contribution is 2.24. The fourth-order valence-electron chi connectivity index (χ4n) is 1.23. The predicted molar refractivity (Wildman–Crippen MR) is 65.3 cm³/mol. The lowest BCUT2D eigenvalue weighted by molar-refractivity contribution is 0.587. The molecule has 0 saturated heterocycles. The Kier molecular flexibility index (Phi) is 4.00. The third-order valence-corrected chi connectivity index (χ3v) is 5.17. The first-order valence-corrected chi connectivity index (χ1v) is 7.52. The average Bonchev–Trinajstić information content (AvgIpc) is 2.27. The highest BCUT2D eigenvalue weighted by molar-refractivity contribution is 7.98. The Morgan fingerprint density at radius 3 is 2.44 bits per heavy atom. The maximum absolute atomic E-state index is 12.0. The summed E-state index contributed by atoms with van der Waals surface area (Å²) in [6.07, 6.45) is 1.88. The molecule has 16 heavy (non-hydrogen) atoms. The summed E-state index contributed by atoms with van der Waals surface area (Å²) in [4.78, 5) is 1.02. The van der Waals surface area contributed by atoms with E-state index in [9.17, 15) is 8.42 Å². The van der Waals surface area contributed by atoms with Gasteiger partial charge in [0.15, 0.2) is 9.84 Å². The van der Waals surface area contributed by atoms with Gasteiger partial charge in [0.05, 0.1) is 15.7 Å². The molecule has 0 fully saturated rings. The Balaban J connectivity index is 3.43. The molecule has 0 aromatic heterocycles. The second kappa shape index (κ2) is 4.89. The fraction of sp³-hybridized carbons (Fsp3) is 0.364. The van der Waals surface area contributed by atoms with Crippen LogP contribution in [0.1, 0.15) is 19.4 Å². The van der Waals surface area contributed by atoms with Gasteiger partial charge >= 0.3 is 0 Å². The largest absolute Gasteiger partial charge is 0.223 e. The molecule has 0 heterocycles. The number of hydrogen-bond acceptors (Lipinski definition) is 4. The molecular weight excluding hydrogens is 242 g/mol. The molecule has 0 radical (unpaired) electrons. The molecule has 0 aliphatic carbocycles. The summed E-state index contributed by atoms with van der Waals surface area (Å²) in [6.45, 7) is 3.22. The molecule has 0 spiro atoms. The van der Waals surface area contributed by atoms with E-state index in [0.29, 0.717) is 0 Å². The van der Waals surface area contributed by atoms with Crippen LogP contribution in [0.4, 0.5) is 0 Å². The Morgan fingerprint density at radius 1 is 1.38 bits per heavy atom. The average molecular weight is 255 g/mol. The Hall–Kier alpha value is -0.990. The zero-order valence-corrected chi connectivity index (χ0v) is 11.0. The van der Waals surface area contributed by atoms with Gasteiger partial charge in [-0.05, 0) is 38.3 Å². The van der Waals surface area contributed by atoms with Crippen LogP contribution >= 0.6 is 11.8 Å². The van der Waals surface area contributed by atoms with E-state index >= 15 is 0 Å². The molecule has 1 rings (SSSR count). The summed E-state index contributed by atoms with van der Waals surface area (Å²) in [7, 11) is -3.38. The van der Waals surface area contributed by atoms with E-state index in [2.05, 4.69) is 0 Å². The van der Waals surface area contributed by atoms with Crippen molar-refractivity contribution in [2.24, 2.45) is 0 Å². The minimum absolute atomic E-state index is 0.128. The standard InChI is InChI=1S/C11H13NO2S2/c1-8(2)16(13,14)11-5-4-10(15-3)6-9(11)7-12/h4-6,8H,1-3H3.